The Balaban J connectivity index is 1.46. The monoisotopic (exact) mass is 399 g/mol. The van der Waals surface area contributed by atoms with E-state index in [1.807, 2.05) is 6.07 Å². The number of thiophene rings is 1. The van der Waals surface area contributed by atoms with Crippen LogP contribution in [0.5, 0.6) is 0 Å². The lowest BCUT2D eigenvalue weighted by Gasteiger charge is -2.40. The van der Waals surface area contributed by atoms with Gasteiger partial charge < -0.3 is 4.90 Å². The lowest BCUT2D eigenvalue weighted by Crippen LogP contribution is -2.44. The van der Waals surface area contributed by atoms with Crippen molar-refractivity contribution in [3.63, 3.8) is 0 Å². The van der Waals surface area contributed by atoms with E-state index >= 15 is 0 Å². The van der Waals surface area contributed by atoms with Crippen molar-refractivity contribution in [1.82, 2.24) is 4.90 Å². The van der Waals surface area contributed by atoms with Gasteiger partial charge in [-0.1, -0.05) is 61.2 Å². The molecule has 1 aromatic heterocycles. The van der Waals surface area contributed by atoms with Crippen LogP contribution in [-0.4, -0.2) is 17.4 Å². The summed E-state index contributed by atoms with van der Waals surface area (Å²) in [5, 5.41) is 0. The molecule has 3 aliphatic rings. The van der Waals surface area contributed by atoms with Crippen molar-refractivity contribution in [1.29, 1.82) is 0 Å². The van der Waals surface area contributed by atoms with E-state index < -0.39 is 0 Å². The van der Waals surface area contributed by atoms with Gasteiger partial charge in [-0.25, -0.2) is 0 Å². The highest BCUT2D eigenvalue weighted by Gasteiger charge is 2.41. The number of rotatable bonds is 2. The lowest BCUT2D eigenvalue weighted by molar-refractivity contribution is -0.139. The van der Waals surface area contributed by atoms with Gasteiger partial charge in [0, 0.05) is 17.3 Å². The number of carbonyl (C=O) groups excluding carboxylic acids is 1. The fraction of sp³-hybridized carbons (Fsp3) is 0.522. The molecule has 2 aromatic rings. The molecular formula is C23H26ClNOS. The third-order valence-corrected chi connectivity index (χ3v) is 8.37. The molecule has 2 saturated carbocycles. The minimum atomic E-state index is 0.0208. The summed E-state index contributed by atoms with van der Waals surface area (Å²) in [7, 11) is 0. The Hall–Kier alpha value is -1.32. The van der Waals surface area contributed by atoms with E-state index in [0.717, 1.165) is 42.0 Å². The van der Waals surface area contributed by atoms with Crippen molar-refractivity contribution in [2.75, 3.05) is 6.54 Å². The van der Waals surface area contributed by atoms with Gasteiger partial charge in [-0.2, -0.15) is 0 Å². The third kappa shape index (κ3) is 3.23. The fourth-order valence-corrected chi connectivity index (χ4v) is 7.05. The minimum Gasteiger partial charge on any atom is -0.331 e. The summed E-state index contributed by atoms with van der Waals surface area (Å²) < 4.78 is 0.835. The summed E-state index contributed by atoms with van der Waals surface area (Å²) >= 11 is 8.03. The Labute approximate surface area is 170 Å². The van der Waals surface area contributed by atoms with Crippen LogP contribution in [0.3, 0.4) is 0 Å². The van der Waals surface area contributed by atoms with Crippen molar-refractivity contribution in [2.24, 2.45) is 17.8 Å². The number of benzene rings is 1. The maximum absolute atomic E-state index is 13.6. The smallest absolute Gasteiger partial charge is 0.226 e. The fourth-order valence-electron chi connectivity index (χ4n) is 5.75. The van der Waals surface area contributed by atoms with Crippen molar-refractivity contribution in [2.45, 2.75) is 51.0 Å². The Kier molecular flexibility index (Phi) is 4.77. The second-order valence-corrected chi connectivity index (χ2v) is 10.3. The van der Waals surface area contributed by atoms with Gasteiger partial charge in [0.2, 0.25) is 5.91 Å². The average Bonchev–Trinajstić information content (AvgIpc) is 3.31. The molecule has 142 valence electrons. The predicted molar refractivity (Wildman–Crippen MR) is 111 cm³/mol. The first-order chi connectivity index (χ1) is 13.2. The van der Waals surface area contributed by atoms with Crippen LogP contribution in [0.15, 0.2) is 36.4 Å². The molecule has 2 nitrogen and oxygen atoms in total. The molecule has 2 fully saturated rings. The molecule has 27 heavy (non-hydrogen) atoms. The second kappa shape index (κ2) is 7.25. The molecule has 5 rings (SSSR count). The van der Waals surface area contributed by atoms with Crippen LogP contribution in [0.1, 0.15) is 60.6 Å². The maximum Gasteiger partial charge on any atom is 0.226 e. The third-order valence-electron chi connectivity index (χ3n) is 7.03. The van der Waals surface area contributed by atoms with Gasteiger partial charge in [0.15, 0.2) is 0 Å². The molecule has 4 unspecified atom stereocenters. The summed E-state index contributed by atoms with van der Waals surface area (Å²) in [5.74, 6) is 2.27. The lowest BCUT2D eigenvalue weighted by atomic mass is 9.75. The summed E-state index contributed by atoms with van der Waals surface area (Å²) in [6.07, 6.45) is 8.46. The Bertz CT molecular complexity index is 832. The van der Waals surface area contributed by atoms with Gasteiger partial charge in [-0.05, 0) is 54.7 Å². The number of hydrogen-bond donors (Lipinski definition) is 0. The molecular weight excluding hydrogens is 374 g/mol. The van der Waals surface area contributed by atoms with Gasteiger partial charge >= 0.3 is 0 Å². The SMILES string of the molecule is O=C(C1CCC2CCCC2C1)N1CCc2sc(Cl)cc2C1c1ccccc1. The molecule has 4 heteroatoms. The van der Waals surface area contributed by atoms with Crippen molar-refractivity contribution in [3.05, 3.63) is 56.7 Å². The normalized spacial score (nSPS) is 30.0. The molecule has 0 bridgehead atoms. The highest BCUT2D eigenvalue weighted by molar-refractivity contribution is 7.16. The molecule has 0 N–H and O–H groups in total. The number of halogens is 1. The number of nitrogens with zero attached hydrogens (tertiary/aromatic N) is 1. The molecule has 4 atom stereocenters. The standard InChI is InChI=1S/C23H26ClNOS/c24-21-14-19-20(27-21)11-12-25(22(19)16-5-2-1-3-6-16)23(26)18-10-9-15-7-4-8-17(15)13-18/h1-3,5-6,14-15,17-18,22H,4,7-13H2. The zero-order chi connectivity index (χ0) is 18.4. The molecule has 0 spiro atoms. The van der Waals surface area contributed by atoms with Crippen LogP contribution < -0.4 is 0 Å². The number of hydrogen-bond acceptors (Lipinski definition) is 2. The quantitative estimate of drug-likeness (QED) is 0.598. The first-order valence-electron chi connectivity index (χ1n) is 10.3. The molecule has 1 aromatic carbocycles. The van der Waals surface area contributed by atoms with Crippen molar-refractivity contribution in [3.8, 4) is 0 Å². The maximum atomic E-state index is 13.6. The largest absolute Gasteiger partial charge is 0.331 e. The Morgan fingerprint density at radius 3 is 2.74 bits per heavy atom. The van der Waals surface area contributed by atoms with Gasteiger partial charge in [0.25, 0.3) is 0 Å². The zero-order valence-corrected chi connectivity index (χ0v) is 17.1. The van der Waals surface area contributed by atoms with Gasteiger partial charge in [-0.15, -0.1) is 11.3 Å². The molecule has 1 aliphatic heterocycles. The van der Waals surface area contributed by atoms with Gasteiger partial charge in [0.1, 0.15) is 0 Å². The Morgan fingerprint density at radius 1 is 1.07 bits per heavy atom. The molecule has 0 saturated heterocycles. The van der Waals surface area contributed by atoms with Crippen LogP contribution in [0.25, 0.3) is 0 Å². The number of carbonyl (C=O) groups is 1. The van der Waals surface area contributed by atoms with Crippen LogP contribution in [0.2, 0.25) is 4.34 Å². The average molecular weight is 400 g/mol. The zero-order valence-electron chi connectivity index (χ0n) is 15.6. The van der Waals surface area contributed by atoms with E-state index in [9.17, 15) is 4.79 Å². The first-order valence-corrected chi connectivity index (χ1v) is 11.5. The van der Waals surface area contributed by atoms with Crippen LogP contribution in [0, 0.1) is 17.8 Å². The topological polar surface area (TPSA) is 20.3 Å². The second-order valence-electron chi connectivity index (χ2n) is 8.48. The highest BCUT2D eigenvalue weighted by atomic mass is 35.5. The molecule has 1 amide bonds. The van der Waals surface area contributed by atoms with Gasteiger partial charge in [0.05, 0.1) is 10.4 Å². The minimum absolute atomic E-state index is 0.0208. The predicted octanol–water partition coefficient (Wildman–Crippen LogP) is 6.09. The summed E-state index contributed by atoms with van der Waals surface area (Å²) in [4.78, 5) is 17.2. The van der Waals surface area contributed by atoms with E-state index in [1.54, 1.807) is 11.3 Å². The highest BCUT2D eigenvalue weighted by Crippen LogP contribution is 2.47. The molecule has 2 heterocycles. The van der Waals surface area contributed by atoms with Crippen LogP contribution >= 0.6 is 22.9 Å². The van der Waals surface area contributed by atoms with Gasteiger partial charge in [-0.3, -0.25) is 4.79 Å². The summed E-state index contributed by atoms with van der Waals surface area (Å²) in [6.45, 7) is 0.812. The van der Waals surface area contributed by atoms with E-state index in [1.165, 1.54) is 41.7 Å². The molecule has 0 radical (unpaired) electrons. The summed E-state index contributed by atoms with van der Waals surface area (Å²) in [6, 6.07) is 12.6. The molecule has 2 aliphatic carbocycles. The number of fused-ring (bicyclic) bond motifs is 2. The van der Waals surface area contributed by atoms with Crippen LogP contribution in [-0.2, 0) is 11.2 Å². The number of amides is 1. The van der Waals surface area contributed by atoms with Crippen LogP contribution in [0.4, 0.5) is 0 Å². The van der Waals surface area contributed by atoms with E-state index in [2.05, 4.69) is 35.2 Å². The first kappa shape index (κ1) is 17.8. The summed E-state index contributed by atoms with van der Waals surface area (Å²) in [5.41, 5.74) is 2.45. The van der Waals surface area contributed by atoms with E-state index in [4.69, 9.17) is 11.6 Å². The van der Waals surface area contributed by atoms with Crippen molar-refractivity contribution < 1.29 is 4.79 Å². The van der Waals surface area contributed by atoms with E-state index in [-0.39, 0.29) is 12.0 Å². The Morgan fingerprint density at radius 2 is 1.89 bits per heavy atom. The van der Waals surface area contributed by atoms with E-state index in [0.29, 0.717) is 5.91 Å². The van der Waals surface area contributed by atoms with Crippen molar-refractivity contribution >= 4 is 28.8 Å².